The smallest absolute Gasteiger partial charge is 0.410 e. The Morgan fingerprint density at radius 3 is 2.89 bits per heavy atom. The van der Waals surface area contributed by atoms with Gasteiger partial charge in [0.2, 0.25) is 0 Å². The number of carbonyl (C=O) groups excluding carboxylic acids is 1. The Morgan fingerprint density at radius 2 is 2.21 bits per heavy atom. The molecule has 152 valence electrons. The first-order chi connectivity index (χ1) is 13.3. The van der Waals surface area contributed by atoms with Gasteiger partial charge < -0.3 is 14.4 Å². The summed E-state index contributed by atoms with van der Waals surface area (Å²) < 4.78 is 11.6. The number of hydrogen-bond acceptors (Lipinski definition) is 6. The van der Waals surface area contributed by atoms with Crippen molar-refractivity contribution < 1.29 is 14.3 Å². The highest BCUT2D eigenvalue weighted by Crippen LogP contribution is 2.27. The number of nitrogens with one attached hydrogen (secondary N) is 1. The number of carbonyl (C=O) groups is 1. The lowest BCUT2D eigenvalue weighted by atomic mass is 10.0. The van der Waals surface area contributed by atoms with E-state index in [4.69, 9.17) is 14.7 Å². The summed E-state index contributed by atoms with van der Waals surface area (Å²) in [5, 5.41) is 11.8. The zero-order valence-corrected chi connectivity index (χ0v) is 17.7. The predicted octanol–water partition coefficient (Wildman–Crippen LogP) is 3.41. The first-order valence-corrected chi connectivity index (χ1v) is 10.5. The number of benzene rings is 1. The molecule has 0 saturated heterocycles. The molecule has 1 unspecified atom stereocenters. The normalized spacial score (nSPS) is 16.4. The number of amidine groups is 1. The van der Waals surface area contributed by atoms with Gasteiger partial charge in [-0.05, 0) is 51.5 Å². The van der Waals surface area contributed by atoms with Crippen LogP contribution in [0.25, 0.3) is 0 Å². The third-order valence-electron chi connectivity index (χ3n) is 4.06. The van der Waals surface area contributed by atoms with Crippen LogP contribution in [0, 0.1) is 11.5 Å². The Hall–Kier alpha value is -2.40. The number of aryl methyl sites for hydroxylation is 1. The molecule has 0 aromatic heterocycles. The molecule has 1 N–H and O–H groups in total. The number of ether oxygens (including phenoxy) is 2. The third kappa shape index (κ3) is 6.97. The lowest BCUT2D eigenvalue weighted by Gasteiger charge is -2.32. The van der Waals surface area contributed by atoms with Gasteiger partial charge in [0.1, 0.15) is 17.5 Å². The second-order valence-electron chi connectivity index (χ2n) is 7.44. The summed E-state index contributed by atoms with van der Waals surface area (Å²) >= 11 is 1.35. The number of nitriles is 1. The topological polar surface area (TPSA) is 86.9 Å². The van der Waals surface area contributed by atoms with Crippen LogP contribution in [0.5, 0.6) is 5.75 Å². The molecule has 2 rings (SSSR count). The molecule has 1 atom stereocenters. The summed E-state index contributed by atoms with van der Waals surface area (Å²) in [6, 6.07) is 7.99. The van der Waals surface area contributed by atoms with E-state index in [-0.39, 0.29) is 12.2 Å². The van der Waals surface area contributed by atoms with Gasteiger partial charge in [0.25, 0.3) is 0 Å². The van der Waals surface area contributed by atoms with E-state index in [1.807, 2.05) is 51.4 Å². The van der Waals surface area contributed by atoms with Crippen LogP contribution < -0.4 is 10.1 Å². The van der Waals surface area contributed by atoms with E-state index in [0.717, 1.165) is 18.6 Å². The number of rotatable bonds is 5. The molecule has 1 aromatic rings. The minimum Gasteiger partial charge on any atom is -0.488 e. The number of hydrogen-bond donors (Lipinski definition) is 1. The Balaban J connectivity index is 2.04. The average molecular weight is 405 g/mol. The maximum Gasteiger partial charge on any atom is 0.410 e. The number of nitrogens with zero attached hydrogens (tertiary/aromatic N) is 3. The molecule has 8 heteroatoms. The Labute approximate surface area is 171 Å². The zero-order valence-electron chi connectivity index (χ0n) is 16.9. The van der Waals surface area contributed by atoms with Crippen molar-refractivity contribution in [1.82, 2.24) is 10.2 Å². The van der Waals surface area contributed by atoms with Crippen LogP contribution in [0.3, 0.4) is 0 Å². The molecule has 7 nitrogen and oxygen atoms in total. The van der Waals surface area contributed by atoms with Crippen LogP contribution in [0.4, 0.5) is 4.79 Å². The van der Waals surface area contributed by atoms with Gasteiger partial charge in [-0.3, -0.25) is 10.3 Å². The molecule has 1 aliphatic heterocycles. The van der Waals surface area contributed by atoms with Crippen LogP contribution in [0.2, 0.25) is 0 Å². The van der Waals surface area contributed by atoms with Crippen molar-refractivity contribution in [2.24, 2.45) is 4.99 Å². The molecule has 1 amide bonds. The molecule has 0 bridgehead atoms. The Bertz CT molecular complexity index is 740. The summed E-state index contributed by atoms with van der Waals surface area (Å²) in [5.41, 5.74) is 0.616. The van der Waals surface area contributed by atoms with Crippen LogP contribution >= 0.6 is 11.8 Å². The number of para-hydroxylation sites is 1. The monoisotopic (exact) mass is 404 g/mol. The lowest BCUT2D eigenvalue weighted by molar-refractivity contribution is 0.0160. The van der Waals surface area contributed by atoms with E-state index in [2.05, 4.69) is 16.4 Å². The van der Waals surface area contributed by atoms with Gasteiger partial charge in [0, 0.05) is 6.54 Å². The molecule has 0 saturated carbocycles. The van der Waals surface area contributed by atoms with E-state index in [1.54, 1.807) is 4.90 Å². The van der Waals surface area contributed by atoms with Crippen molar-refractivity contribution in [2.75, 3.05) is 25.9 Å². The SMILES string of the molecule is CSC(=NCCN(CC1CCc2ccccc2O1)C(=O)OC(C)(C)C)NC#N. The fourth-order valence-corrected chi connectivity index (χ4v) is 3.18. The van der Waals surface area contributed by atoms with Crippen molar-refractivity contribution in [2.45, 2.75) is 45.3 Å². The minimum atomic E-state index is -0.578. The molecular formula is C20H28N4O3S. The molecule has 28 heavy (non-hydrogen) atoms. The quantitative estimate of drug-likeness (QED) is 0.350. The Kier molecular flexibility index (Phi) is 8.00. The van der Waals surface area contributed by atoms with Gasteiger partial charge in [-0.1, -0.05) is 30.0 Å². The van der Waals surface area contributed by atoms with E-state index in [1.165, 1.54) is 17.3 Å². The fourth-order valence-electron chi connectivity index (χ4n) is 2.81. The number of amides is 1. The highest BCUT2D eigenvalue weighted by atomic mass is 32.2. The van der Waals surface area contributed by atoms with Crippen LogP contribution in [-0.2, 0) is 11.2 Å². The lowest BCUT2D eigenvalue weighted by Crippen LogP contribution is -2.44. The molecule has 0 fully saturated rings. The largest absolute Gasteiger partial charge is 0.488 e. The number of fused-ring (bicyclic) bond motifs is 1. The van der Waals surface area contributed by atoms with Gasteiger partial charge in [-0.25, -0.2) is 4.79 Å². The summed E-state index contributed by atoms with van der Waals surface area (Å²) in [4.78, 5) is 18.6. The predicted molar refractivity (Wildman–Crippen MR) is 112 cm³/mol. The van der Waals surface area contributed by atoms with E-state index < -0.39 is 5.60 Å². The Morgan fingerprint density at radius 1 is 1.46 bits per heavy atom. The summed E-state index contributed by atoms with van der Waals surface area (Å²) in [6.07, 6.45) is 4.97. The summed E-state index contributed by atoms with van der Waals surface area (Å²) in [5.74, 6) is 0.879. The number of thioether (sulfide) groups is 1. The molecule has 1 heterocycles. The van der Waals surface area contributed by atoms with Crippen LogP contribution in [-0.4, -0.2) is 53.8 Å². The van der Waals surface area contributed by atoms with Gasteiger partial charge >= 0.3 is 6.09 Å². The zero-order chi connectivity index (χ0) is 20.6. The second-order valence-corrected chi connectivity index (χ2v) is 8.24. The highest BCUT2D eigenvalue weighted by Gasteiger charge is 2.27. The minimum absolute atomic E-state index is 0.0938. The van der Waals surface area contributed by atoms with Crippen LogP contribution in [0.15, 0.2) is 29.3 Å². The molecule has 0 spiro atoms. The second kappa shape index (κ2) is 10.2. The molecule has 0 aliphatic carbocycles. The summed E-state index contributed by atoms with van der Waals surface area (Å²) in [7, 11) is 0. The van der Waals surface area contributed by atoms with Gasteiger partial charge in [-0.2, -0.15) is 5.26 Å². The molecule has 0 radical (unpaired) electrons. The average Bonchev–Trinajstić information content (AvgIpc) is 2.65. The van der Waals surface area contributed by atoms with Crippen molar-refractivity contribution in [3.05, 3.63) is 29.8 Å². The standard InChI is InChI=1S/C20H28N4O3S/c1-20(2,3)27-19(25)24(12-11-22-18(28-4)23-14-21)13-16-10-9-15-7-5-6-8-17(15)26-16/h5-8,16H,9-13H2,1-4H3,(H,22,23). The molecule has 1 aromatic carbocycles. The maximum atomic E-state index is 12.7. The fraction of sp³-hybridized carbons (Fsp3) is 0.550. The first-order valence-electron chi connectivity index (χ1n) is 9.28. The third-order valence-corrected chi connectivity index (χ3v) is 4.68. The van der Waals surface area contributed by atoms with Crippen molar-refractivity contribution in [3.8, 4) is 11.9 Å². The molecular weight excluding hydrogens is 376 g/mol. The van der Waals surface area contributed by atoms with E-state index in [0.29, 0.717) is 24.8 Å². The first kappa shape index (κ1) is 21.9. The van der Waals surface area contributed by atoms with E-state index in [9.17, 15) is 4.79 Å². The number of aliphatic imine (C=N–C) groups is 1. The van der Waals surface area contributed by atoms with Crippen molar-refractivity contribution >= 4 is 23.0 Å². The van der Waals surface area contributed by atoms with Crippen LogP contribution in [0.1, 0.15) is 32.8 Å². The highest BCUT2D eigenvalue weighted by molar-refractivity contribution is 8.13. The van der Waals surface area contributed by atoms with Gasteiger partial charge in [0.05, 0.1) is 13.1 Å². The van der Waals surface area contributed by atoms with Crippen molar-refractivity contribution in [3.63, 3.8) is 0 Å². The molecule has 1 aliphatic rings. The summed E-state index contributed by atoms with van der Waals surface area (Å²) in [6.45, 7) is 6.71. The van der Waals surface area contributed by atoms with Crippen molar-refractivity contribution in [1.29, 1.82) is 5.26 Å². The van der Waals surface area contributed by atoms with E-state index >= 15 is 0 Å². The van der Waals surface area contributed by atoms with Gasteiger partial charge in [-0.15, -0.1) is 0 Å². The maximum absolute atomic E-state index is 12.7. The van der Waals surface area contributed by atoms with Gasteiger partial charge in [0.15, 0.2) is 11.4 Å².